The van der Waals surface area contributed by atoms with E-state index in [1.165, 1.54) is 0 Å². The van der Waals surface area contributed by atoms with Gasteiger partial charge in [0.2, 0.25) is 5.91 Å². The number of aromatic amines is 1. The van der Waals surface area contributed by atoms with E-state index in [2.05, 4.69) is 21.8 Å². The van der Waals surface area contributed by atoms with Crippen LogP contribution in [-0.2, 0) is 4.79 Å². The summed E-state index contributed by atoms with van der Waals surface area (Å²) in [6, 6.07) is 15.8. The van der Waals surface area contributed by atoms with Gasteiger partial charge in [0.15, 0.2) is 0 Å². The van der Waals surface area contributed by atoms with Crippen molar-refractivity contribution in [1.29, 1.82) is 0 Å². The number of benzene rings is 2. The molecule has 0 unspecified atom stereocenters. The van der Waals surface area contributed by atoms with Gasteiger partial charge < -0.3 is 10.3 Å². The smallest absolute Gasteiger partial charge is 0.324 e. The minimum absolute atomic E-state index is 0.00985. The van der Waals surface area contributed by atoms with Gasteiger partial charge in [0, 0.05) is 29.8 Å². The van der Waals surface area contributed by atoms with Gasteiger partial charge in [-0.3, -0.25) is 14.3 Å². The van der Waals surface area contributed by atoms with E-state index in [1.54, 1.807) is 11.8 Å². The first-order chi connectivity index (χ1) is 14.7. The van der Waals surface area contributed by atoms with Gasteiger partial charge in [0.25, 0.3) is 0 Å². The summed E-state index contributed by atoms with van der Waals surface area (Å²) >= 11 is 1.65. The van der Waals surface area contributed by atoms with Crippen LogP contribution in [0.25, 0.3) is 11.0 Å². The number of imidazole rings is 1. The highest BCUT2D eigenvalue weighted by atomic mass is 32.2. The summed E-state index contributed by atoms with van der Waals surface area (Å²) in [5.74, 6) is 0.789. The Kier molecular flexibility index (Phi) is 6.40. The van der Waals surface area contributed by atoms with Crippen molar-refractivity contribution in [3.63, 3.8) is 0 Å². The Bertz CT molecular complexity index is 1100. The lowest BCUT2D eigenvalue weighted by atomic mass is 10.0. The molecule has 30 heavy (non-hydrogen) atoms. The van der Waals surface area contributed by atoms with E-state index in [-0.39, 0.29) is 17.6 Å². The molecule has 0 atom stereocenters. The predicted octanol–water partition coefficient (Wildman–Crippen LogP) is 3.88. The van der Waals surface area contributed by atoms with Crippen molar-refractivity contribution in [1.82, 2.24) is 14.5 Å². The zero-order valence-corrected chi connectivity index (χ0v) is 17.7. The normalized spacial score (nSPS) is 15.3. The number of hydrogen-bond donors (Lipinski definition) is 2. The highest BCUT2D eigenvalue weighted by molar-refractivity contribution is 7.99. The molecule has 1 aliphatic heterocycles. The molecule has 0 bridgehead atoms. The zero-order chi connectivity index (χ0) is 20.9. The second-order valence-electron chi connectivity index (χ2n) is 7.47. The fraction of sp³-hybridized carbons (Fsp3) is 0.304. The molecule has 1 fully saturated rings. The van der Waals surface area contributed by atoms with Crippen LogP contribution in [-0.4, -0.2) is 45.7 Å². The number of rotatable bonds is 7. The van der Waals surface area contributed by atoms with Gasteiger partial charge >= 0.3 is 5.69 Å². The lowest BCUT2D eigenvalue weighted by Crippen LogP contribution is -2.41. The van der Waals surface area contributed by atoms with Gasteiger partial charge in [0.1, 0.15) is 0 Å². The van der Waals surface area contributed by atoms with Crippen molar-refractivity contribution in [2.75, 3.05) is 30.7 Å². The summed E-state index contributed by atoms with van der Waals surface area (Å²) in [7, 11) is 0. The number of nitrogens with one attached hydrogen (secondary N) is 2. The first-order valence-electron chi connectivity index (χ1n) is 10.2. The number of anilines is 1. The average Bonchev–Trinajstić information content (AvgIpc) is 3.09. The third-order valence-electron chi connectivity index (χ3n) is 5.43. The summed E-state index contributed by atoms with van der Waals surface area (Å²) in [5.41, 5.74) is 2.61. The molecular formula is C23H26N4O2S. The Morgan fingerprint density at radius 2 is 1.90 bits per heavy atom. The fourth-order valence-electron chi connectivity index (χ4n) is 4.01. The lowest BCUT2D eigenvalue weighted by Gasteiger charge is -2.32. The molecule has 2 N–H and O–H groups in total. The third-order valence-corrected chi connectivity index (χ3v) is 6.50. The van der Waals surface area contributed by atoms with Crippen molar-refractivity contribution in [3.05, 3.63) is 71.7 Å². The van der Waals surface area contributed by atoms with Crippen LogP contribution in [0.2, 0.25) is 0 Å². The van der Waals surface area contributed by atoms with E-state index in [0.717, 1.165) is 53.3 Å². The maximum atomic E-state index is 12.6. The molecule has 2 aromatic carbocycles. The third kappa shape index (κ3) is 4.52. The number of H-pyrrole nitrogens is 1. The van der Waals surface area contributed by atoms with E-state index in [0.29, 0.717) is 6.54 Å². The SMILES string of the molecule is C=CCSc1ccccc1NC(=O)CN1CCC(n2c(=O)[nH]c3ccccc32)CC1. The molecule has 2 heterocycles. The minimum atomic E-state index is -0.0546. The molecule has 1 saturated heterocycles. The topological polar surface area (TPSA) is 70.1 Å². The van der Waals surface area contributed by atoms with Crippen molar-refractivity contribution in [2.45, 2.75) is 23.8 Å². The van der Waals surface area contributed by atoms with Crippen LogP contribution in [0.4, 0.5) is 5.69 Å². The van der Waals surface area contributed by atoms with Crippen molar-refractivity contribution in [3.8, 4) is 0 Å². The maximum absolute atomic E-state index is 12.6. The van der Waals surface area contributed by atoms with Gasteiger partial charge in [-0.05, 0) is 37.1 Å². The number of para-hydroxylation sites is 3. The number of nitrogens with zero attached hydrogens (tertiary/aromatic N) is 2. The highest BCUT2D eigenvalue weighted by Gasteiger charge is 2.24. The van der Waals surface area contributed by atoms with E-state index < -0.39 is 0 Å². The first kappa shape index (κ1) is 20.5. The Morgan fingerprint density at radius 1 is 1.17 bits per heavy atom. The fourth-order valence-corrected chi connectivity index (χ4v) is 4.76. The summed E-state index contributed by atoms with van der Waals surface area (Å²) in [6.07, 6.45) is 3.55. The Hall–Kier alpha value is -2.77. The summed E-state index contributed by atoms with van der Waals surface area (Å²) in [4.78, 5) is 31.2. The quantitative estimate of drug-likeness (QED) is 0.448. The minimum Gasteiger partial charge on any atom is -0.324 e. The lowest BCUT2D eigenvalue weighted by molar-refractivity contribution is -0.117. The number of aromatic nitrogens is 2. The van der Waals surface area contributed by atoms with Crippen LogP contribution in [0, 0.1) is 0 Å². The molecule has 0 aliphatic carbocycles. The Balaban J connectivity index is 1.35. The molecule has 0 saturated carbocycles. The molecule has 0 spiro atoms. The van der Waals surface area contributed by atoms with Gasteiger partial charge in [-0.15, -0.1) is 18.3 Å². The summed E-state index contributed by atoms with van der Waals surface area (Å²) in [6.45, 7) is 5.69. The number of hydrogen-bond acceptors (Lipinski definition) is 4. The molecule has 3 aromatic rings. The van der Waals surface area contributed by atoms with Crippen LogP contribution in [0.1, 0.15) is 18.9 Å². The number of piperidine rings is 1. The van der Waals surface area contributed by atoms with Crippen LogP contribution < -0.4 is 11.0 Å². The maximum Gasteiger partial charge on any atom is 0.326 e. The Morgan fingerprint density at radius 3 is 2.70 bits per heavy atom. The van der Waals surface area contributed by atoms with Crippen molar-refractivity contribution >= 4 is 34.4 Å². The van der Waals surface area contributed by atoms with Gasteiger partial charge in [0.05, 0.1) is 23.3 Å². The predicted molar refractivity (Wildman–Crippen MR) is 123 cm³/mol. The highest BCUT2D eigenvalue weighted by Crippen LogP contribution is 2.27. The van der Waals surface area contributed by atoms with E-state index in [4.69, 9.17) is 0 Å². The molecule has 6 nitrogen and oxygen atoms in total. The molecular weight excluding hydrogens is 396 g/mol. The second kappa shape index (κ2) is 9.36. The molecule has 7 heteroatoms. The van der Waals surface area contributed by atoms with Crippen molar-refractivity contribution < 1.29 is 4.79 Å². The molecule has 156 valence electrons. The van der Waals surface area contributed by atoms with E-state index in [1.807, 2.05) is 59.2 Å². The molecule has 1 aromatic heterocycles. The monoisotopic (exact) mass is 422 g/mol. The Labute approximate surface area is 180 Å². The molecule has 0 radical (unpaired) electrons. The van der Waals surface area contributed by atoms with Gasteiger partial charge in [-0.1, -0.05) is 30.3 Å². The largest absolute Gasteiger partial charge is 0.326 e. The van der Waals surface area contributed by atoms with Gasteiger partial charge in [-0.25, -0.2) is 4.79 Å². The average molecular weight is 423 g/mol. The number of fused-ring (bicyclic) bond motifs is 1. The van der Waals surface area contributed by atoms with E-state index in [9.17, 15) is 9.59 Å². The van der Waals surface area contributed by atoms with Gasteiger partial charge in [-0.2, -0.15) is 0 Å². The molecule has 1 aliphatic rings. The van der Waals surface area contributed by atoms with Crippen LogP contribution >= 0.6 is 11.8 Å². The molecule has 1 amide bonds. The number of carbonyl (C=O) groups excluding carboxylic acids is 1. The molecule has 4 rings (SSSR count). The number of carbonyl (C=O) groups is 1. The summed E-state index contributed by atoms with van der Waals surface area (Å²) < 4.78 is 1.87. The zero-order valence-electron chi connectivity index (χ0n) is 16.8. The van der Waals surface area contributed by atoms with E-state index >= 15 is 0 Å². The first-order valence-corrected chi connectivity index (χ1v) is 11.2. The van der Waals surface area contributed by atoms with Crippen LogP contribution in [0.3, 0.4) is 0 Å². The standard InChI is InChI=1S/C23H26N4O2S/c1-2-15-30-21-10-6-4-8-19(21)24-22(28)16-26-13-11-17(12-14-26)27-20-9-5-3-7-18(20)25-23(27)29/h2-10,17H,1,11-16H2,(H,24,28)(H,25,29). The van der Waals surface area contributed by atoms with Crippen molar-refractivity contribution in [2.24, 2.45) is 0 Å². The van der Waals surface area contributed by atoms with Crippen LogP contribution in [0.15, 0.2) is 70.9 Å². The van der Waals surface area contributed by atoms with Crippen LogP contribution in [0.5, 0.6) is 0 Å². The number of thioether (sulfide) groups is 1. The summed E-state index contributed by atoms with van der Waals surface area (Å²) in [5, 5.41) is 3.04. The second-order valence-corrected chi connectivity index (χ2v) is 8.53. The number of likely N-dealkylation sites (tertiary alicyclic amines) is 1. The number of amides is 1.